The number of benzene rings is 1. The first-order valence-electron chi connectivity index (χ1n) is 14.1. The van der Waals surface area contributed by atoms with Crippen LogP contribution < -0.4 is 10.2 Å². The summed E-state index contributed by atoms with van der Waals surface area (Å²) in [6.07, 6.45) is 12.8. The van der Waals surface area contributed by atoms with Crippen LogP contribution in [-0.2, 0) is 0 Å². The molecule has 0 bridgehead atoms. The van der Waals surface area contributed by atoms with E-state index in [1.54, 1.807) is 0 Å². The molecule has 2 aromatic rings. The average molecular weight is 491 g/mol. The molecule has 1 aromatic carbocycles. The maximum absolute atomic E-state index is 13.0. The van der Waals surface area contributed by atoms with E-state index in [4.69, 9.17) is 4.98 Å². The molecule has 1 atom stereocenters. The number of nitrogens with zero attached hydrogens (tertiary/aromatic N) is 5. The number of likely N-dealkylation sites (tertiary alicyclic amines) is 2. The van der Waals surface area contributed by atoms with E-state index >= 15 is 0 Å². The maximum Gasteiger partial charge on any atom is 0.253 e. The second-order valence-corrected chi connectivity index (χ2v) is 10.9. The fraction of sp³-hybridized carbons (Fsp3) is 0.621. The van der Waals surface area contributed by atoms with Crippen molar-refractivity contribution in [3.8, 4) is 0 Å². The number of rotatable bonds is 5. The quantitative estimate of drug-likeness (QED) is 0.653. The van der Waals surface area contributed by atoms with Crippen molar-refractivity contribution in [3.05, 3.63) is 47.7 Å². The lowest BCUT2D eigenvalue weighted by molar-refractivity contribution is 0.0620. The number of hydrogen-bond acceptors (Lipinski definition) is 6. The van der Waals surface area contributed by atoms with Crippen LogP contribution in [-0.4, -0.2) is 77.0 Å². The number of piperidine rings is 1. The number of hydrogen-bond donors (Lipinski definition) is 1. The number of carbonyl (C=O) groups excluding carboxylic acids is 1. The van der Waals surface area contributed by atoms with Crippen LogP contribution >= 0.6 is 0 Å². The van der Waals surface area contributed by atoms with Crippen LogP contribution in [0.25, 0.3) is 0 Å². The molecule has 3 aliphatic heterocycles. The van der Waals surface area contributed by atoms with Gasteiger partial charge in [0.25, 0.3) is 5.91 Å². The summed E-state index contributed by atoms with van der Waals surface area (Å²) in [6.45, 7) is 8.09. The SMILES string of the molecule is Cc1ccc(C(=O)N2CCC(N3CCCCC(Nc4nccc(N5CCCCCC5)n4)C3)CC2)cc1. The van der Waals surface area contributed by atoms with E-state index in [0.29, 0.717) is 12.1 Å². The molecule has 7 heteroatoms. The second kappa shape index (κ2) is 12.0. The molecule has 3 fully saturated rings. The Balaban J connectivity index is 1.16. The topological polar surface area (TPSA) is 64.6 Å². The minimum absolute atomic E-state index is 0.172. The average Bonchev–Trinajstić information content (AvgIpc) is 3.33. The predicted octanol–water partition coefficient (Wildman–Crippen LogP) is 4.74. The van der Waals surface area contributed by atoms with Gasteiger partial charge in [0.2, 0.25) is 5.95 Å². The van der Waals surface area contributed by atoms with E-state index in [1.165, 1.54) is 44.1 Å². The van der Waals surface area contributed by atoms with Crippen molar-refractivity contribution < 1.29 is 4.79 Å². The van der Waals surface area contributed by atoms with Crippen LogP contribution in [0, 0.1) is 6.92 Å². The van der Waals surface area contributed by atoms with Crippen molar-refractivity contribution in [2.45, 2.75) is 76.8 Å². The van der Waals surface area contributed by atoms with Crippen molar-refractivity contribution in [2.24, 2.45) is 0 Å². The van der Waals surface area contributed by atoms with Crippen LogP contribution in [0.15, 0.2) is 36.5 Å². The molecular weight excluding hydrogens is 448 g/mol. The number of aromatic nitrogens is 2. The van der Waals surface area contributed by atoms with Gasteiger partial charge in [0.15, 0.2) is 0 Å². The Kier molecular flexibility index (Phi) is 8.36. The molecule has 3 saturated heterocycles. The summed E-state index contributed by atoms with van der Waals surface area (Å²) in [5.41, 5.74) is 1.99. The molecule has 194 valence electrons. The van der Waals surface area contributed by atoms with Gasteiger partial charge in [0.05, 0.1) is 0 Å². The number of nitrogens with one attached hydrogen (secondary N) is 1. The first-order valence-corrected chi connectivity index (χ1v) is 14.1. The van der Waals surface area contributed by atoms with E-state index in [2.05, 4.69) is 33.1 Å². The summed E-state index contributed by atoms with van der Waals surface area (Å²) < 4.78 is 0. The Morgan fingerprint density at radius 3 is 2.33 bits per heavy atom. The molecular formula is C29H42N6O. The summed E-state index contributed by atoms with van der Waals surface area (Å²) in [5, 5.41) is 3.68. The third kappa shape index (κ3) is 6.36. The van der Waals surface area contributed by atoms with Gasteiger partial charge in [-0.1, -0.05) is 37.0 Å². The van der Waals surface area contributed by atoms with Gasteiger partial charge in [-0.25, -0.2) is 4.98 Å². The van der Waals surface area contributed by atoms with Crippen LogP contribution in [0.4, 0.5) is 11.8 Å². The highest BCUT2D eigenvalue weighted by Gasteiger charge is 2.30. The van der Waals surface area contributed by atoms with E-state index in [-0.39, 0.29) is 5.91 Å². The van der Waals surface area contributed by atoms with Crippen LogP contribution in [0.5, 0.6) is 0 Å². The number of carbonyl (C=O) groups is 1. The van der Waals surface area contributed by atoms with Gasteiger partial charge in [0.1, 0.15) is 5.82 Å². The molecule has 1 N–H and O–H groups in total. The Morgan fingerprint density at radius 1 is 0.861 bits per heavy atom. The van der Waals surface area contributed by atoms with Gasteiger partial charge >= 0.3 is 0 Å². The van der Waals surface area contributed by atoms with Crippen LogP contribution in [0.2, 0.25) is 0 Å². The highest BCUT2D eigenvalue weighted by atomic mass is 16.2. The molecule has 0 spiro atoms. The number of anilines is 2. The summed E-state index contributed by atoms with van der Waals surface area (Å²) in [4.78, 5) is 29.6. The largest absolute Gasteiger partial charge is 0.356 e. The van der Waals surface area contributed by atoms with E-state index in [0.717, 1.165) is 75.9 Å². The predicted molar refractivity (Wildman–Crippen MR) is 146 cm³/mol. The number of amides is 1. The molecule has 4 heterocycles. The first-order chi connectivity index (χ1) is 17.7. The second-order valence-electron chi connectivity index (χ2n) is 10.9. The van der Waals surface area contributed by atoms with Crippen LogP contribution in [0.1, 0.15) is 73.7 Å². The number of aryl methyl sites for hydroxylation is 1. The molecule has 7 nitrogen and oxygen atoms in total. The van der Waals surface area contributed by atoms with Gasteiger partial charge in [-0.15, -0.1) is 0 Å². The Morgan fingerprint density at radius 2 is 1.58 bits per heavy atom. The zero-order valence-electron chi connectivity index (χ0n) is 21.9. The smallest absolute Gasteiger partial charge is 0.253 e. The van der Waals surface area contributed by atoms with Gasteiger partial charge in [0, 0.05) is 56.6 Å². The fourth-order valence-corrected chi connectivity index (χ4v) is 6.01. The monoisotopic (exact) mass is 490 g/mol. The van der Waals surface area contributed by atoms with Gasteiger partial charge in [-0.05, 0) is 70.2 Å². The standard InChI is InChI=1S/C29H42N6O/c1-23-9-11-24(12-10-23)28(36)34-20-14-26(15-21-34)35-19-7-4-8-25(22-35)31-29-30-16-13-27(32-29)33-17-5-2-3-6-18-33/h9-13,16,25-26H,2-8,14-15,17-22H2,1H3,(H,30,31,32). The molecule has 3 aliphatic rings. The lowest BCUT2D eigenvalue weighted by Crippen LogP contribution is -2.49. The lowest BCUT2D eigenvalue weighted by Gasteiger charge is -2.39. The minimum Gasteiger partial charge on any atom is -0.356 e. The van der Waals surface area contributed by atoms with Crippen molar-refractivity contribution in [3.63, 3.8) is 0 Å². The summed E-state index contributed by atoms with van der Waals surface area (Å²) >= 11 is 0. The molecule has 0 aliphatic carbocycles. The van der Waals surface area contributed by atoms with Crippen molar-refractivity contribution in [1.29, 1.82) is 0 Å². The highest BCUT2D eigenvalue weighted by molar-refractivity contribution is 5.94. The summed E-state index contributed by atoms with van der Waals surface area (Å²) in [5.74, 6) is 2.00. The van der Waals surface area contributed by atoms with Crippen molar-refractivity contribution in [1.82, 2.24) is 19.8 Å². The van der Waals surface area contributed by atoms with Gasteiger partial charge in [-0.3, -0.25) is 9.69 Å². The molecule has 0 saturated carbocycles. The molecule has 1 amide bonds. The van der Waals surface area contributed by atoms with Crippen molar-refractivity contribution >= 4 is 17.7 Å². The molecule has 36 heavy (non-hydrogen) atoms. The van der Waals surface area contributed by atoms with Crippen molar-refractivity contribution in [2.75, 3.05) is 49.5 Å². The fourth-order valence-electron chi connectivity index (χ4n) is 6.01. The van der Waals surface area contributed by atoms with Gasteiger partial charge < -0.3 is 15.1 Å². The van der Waals surface area contributed by atoms with Gasteiger partial charge in [-0.2, -0.15) is 4.98 Å². The molecule has 1 aromatic heterocycles. The third-order valence-corrected chi connectivity index (χ3v) is 8.17. The zero-order chi connectivity index (χ0) is 24.7. The zero-order valence-corrected chi connectivity index (χ0v) is 21.9. The Labute approximate surface area is 216 Å². The normalized spacial score (nSPS) is 22.6. The first kappa shape index (κ1) is 25.0. The minimum atomic E-state index is 0.172. The molecule has 5 rings (SSSR count). The summed E-state index contributed by atoms with van der Waals surface area (Å²) in [6, 6.07) is 10.9. The summed E-state index contributed by atoms with van der Waals surface area (Å²) in [7, 11) is 0. The van der Waals surface area contributed by atoms with Crippen LogP contribution in [0.3, 0.4) is 0 Å². The Hall–Kier alpha value is -2.67. The van der Waals surface area contributed by atoms with E-state index in [9.17, 15) is 4.79 Å². The lowest BCUT2D eigenvalue weighted by atomic mass is 10.0. The maximum atomic E-state index is 13.0. The van der Waals surface area contributed by atoms with E-state index in [1.807, 2.05) is 35.4 Å². The van der Waals surface area contributed by atoms with E-state index < -0.39 is 0 Å². The Bertz CT molecular complexity index is 980. The third-order valence-electron chi connectivity index (χ3n) is 8.17. The molecule has 1 unspecified atom stereocenters. The highest BCUT2D eigenvalue weighted by Crippen LogP contribution is 2.24. The molecule has 0 radical (unpaired) electrons.